The van der Waals surface area contributed by atoms with Crippen molar-refractivity contribution in [3.05, 3.63) is 35.6 Å². The van der Waals surface area contributed by atoms with Crippen LogP contribution >= 0.6 is 24.8 Å². The first-order valence-electron chi connectivity index (χ1n) is 9.97. The summed E-state index contributed by atoms with van der Waals surface area (Å²) in [6.45, 7) is 6.62. The van der Waals surface area contributed by atoms with E-state index < -0.39 is 0 Å². The summed E-state index contributed by atoms with van der Waals surface area (Å²) in [5, 5.41) is 3.44. The number of benzene rings is 1. The molecule has 2 fully saturated rings. The van der Waals surface area contributed by atoms with Gasteiger partial charge in [-0.3, -0.25) is 9.69 Å². The Bertz CT molecular complexity index is 608. The van der Waals surface area contributed by atoms with Gasteiger partial charge in [0.15, 0.2) is 0 Å². The molecule has 0 bridgehead atoms. The maximum atomic E-state index is 13.4. The van der Waals surface area contributed by atoms with E-state index in [4.69, 9.17) is 0 Å². The summed E-state index contributed by atoms with van der Waals surface area (Å²) < 4.78 is 13.2. The highest BCUT2D eigenvalue weighted by Crippen LogP contribution is 2.41. The van der Waals surface area contributed by atoms with E-state index in [9.17, 15) is 9.18 Å². The molecule has 160 valence electrons. The molecule has 3 rings (SSSR count). The molecule has 1 unspecified atom stereocenters. The van der Waals surface area contributed by atoms with E-state index >= 15 is 0 Å². The minimum atomic E-state index is -0.233. The number of carbonyl (C=O) groups excluding carboxylic acids is 1. The smallest absolute Gasteiger partial charge is 0.240 e. The van der Waals surface area contributed by atoms with Crippen LogP contribution in [0.1, 0.15) is 44.6 Å². The van der Waals surface area contributed by atoms with Crippen molar-refractivity contribution in [3.63, 3.8) is 0 Å². The fourth-order valence-electron chi connectivity index (χ4n) is 4.50. The molecular formula is C21H34Cl2FN3O. The lowest BCUT2D eigenvalue weighted by Gasteiger charge is -2.33. The standard InChI is InChI=1S/C21H32FN3O.2ClH/c1-3-4-13-25(15-17-5-7-18(22)8-6-17)20(26)19-14-21(16-24(19)2)9-11-23-12-10-21;;/h5-8,19,23H,3-4,9-16H2,1-2H3;2*1H. The molecular weight excluding hydrogens is 400 g/mol. The lowest BCUT2D eigenvalue weighted by molar-refractivity contribution is -0.136. The fraction of sp³-hybridized carbons (Fsp3) is 0.667. The molecule has 28 heavy (non-hydrogen) atoms. The van der Waals surface area contributed by atoms with Gasteiger partial charge in [0.1, 0.15) is 5.82 Å². The lowest BCUT2D eigenvalue weighted by atomic mass is 9.77. The molecule has 1 spiro atoms. The molecule has 0 radical (unpaired) electrons. The Labute approximate surface area is 181 Å². The number of nitrogens with one attached hydrogen (secondary N) is 1. The maximum absolute atomic E-state index is 13.4. The number of piperidine rings is 1. The summed E-state index contributed by atoms with van der Waals surface area (Å²) in [6.07, 6.45) is 5.35. The third-order valence-electron chi connectivity index (χ3n) is 6.07. The predicted molar refractivity (Wildman–Crippen MR) is 117 cm³/mol. The molecule has 1 aromatic rings. The van der Waals surface area contributed by atoms with Crippen molar-refractivity contribution < 1.29 is 9.18 Å². The lowest BCUT2D eigenvalue weighted by Crippen LogP contribution is -2.44. The number of amides is 1. The van der Waals surface area contributed by atoms with Crippen LogP contribution in [0.2, 0.25) is 0 Å². The molecule has 1 amide bonds. The molecule has 1 N–H and O–H groups in total. The van der Waals surface area contributed by atoms with Gasteiger partial charge in [0, 0.05) is 19.6 Å². The summed E-state index contributed by atoms with van der Waals surface area (Å²) in [5.74, 6) is 0.00393. The highest BCUT2D eigenvalue weighted by molar-refractivity contribution is 5.85. The summed E-state index contributed by atoms with van der Waals surface area (Å²) >= 11 is 0. The molecule has 2 aliphatic heterocycles. The summed E-state index contributed by atoms with van der Waals surface area (Å²) in [5.41, 5.74) is 1.29. The Morgan fingerprint density at radius 2 is 1.89 bits per heavy atom. The second-order valence-electron chi connectivity index (χ2n) is 8.12. The highest BCUT2D eigenvalue weighted by atomic mass is 35.5. The van der Waals surface area contributed by atoms with Crippen molar-refractivity contribution in [1.82, 2.24) is 15.1 Å². The number of halogens is 3. The van der Waals surface area contributed by atoms with Gasteiger partial charge in [-0.05, 0) is 68.9 Å². The molecule has 4 nitrogen and oxygen atoms in total. The SMILES string of the molecule is CCCCN(Cc1ccc(F)cc1)C(=O)C1CC2(CCNCC2)CN1C.Cl.Cl. The number of carbonyl (C=O) groups is 1. The molecule has 0 saturated carbocycles. The largest absolute Gasteiger partial charge is 0.337 e. The van der Waals surface area contributed by atoms with E-state index in [1.165, 1.54) is 12.1 Å². The average Bonchev–Trinajstić information content (AvgIpc) is 2.96. The van der Waals surface area contributed by atoms with E-state index in [-0.39, 0.29) is 42.6 Å². The van der Waals surface area contributed by atoms with Gasteiger partial charge in [-0.2, -0.15) is 0 Å². The van der Waals surface area contributed by atoms with Gasteiger partial charge in [-0.1, -0.05) is 25.5 Å². The quantitative estimate of drug-likeness (QED) is 0.739. The Balaban J connectivity index is 0.00000196. The number of hydrogen-bond acceptors (Lipinski definition) is 3. The molecule has 7 heteroatoms. The van der Waals surface area contributed by atoms with Gasteiger partial charge >= 0.3 is 0 Å². The first kappa shape index (κ1) is 25.2. The topological polar surface area (TPSA) is 35.6 Å². The average molecular weight is 434 g/mol. The van der Waals surface area contributed by atoms with Crippen LogP contribution in [0.25, 0.3) is 0 Å². The van der Waals surface area contributed by atoms with Gasteiger partial charge in [-0.15, -0.1) is 24.8 Å². The summed E-state index contributed by atoms with van der Waals surface area (Å²) in [4.78, 5) is 17.6. The van der Waals surface area contributed by atoms with E-state index in [1.54, 1.807) is 12.1 Å². The van der Waals surface area contributed by atoms with Crippen molar-refractivity contribution >= 4 is 30.7 Å². The number of likely N-dealkylation sites (tertiary alicyclic amines) is 1. The van der Waals surface area contributed by atoms with Crippen LogP contribution in [0.3, 0.4) is 0 Å². The first-order valence-corrected chi connectivity index (χ1v) is 9.97. The normalized spacial score (nSPS) is 21.0. The highest BCUT2D eigenvalue weighted by Gasteiger charge is 2.46. The van der Waals surface area contributed by atoms with E-state index in [2.05, 4.69) is 24.2 Å². The predicted octanol–water partition coefficient (Wildman–Crippen LogP) is 3.87. The van der Waals surface area contributed by atoms with Crippen LogP contribution in [-0.2, 0) is 11.3 Å². The van der Waals surface area contributed by atoms with Crippen LogP contribution in [0.15, 0.2) is 24.3 Å². The number of likely N-dealkylation sites (N-methyl/N-ethyl adjacent to an activating group) is 1. The van der Waals surface area contributed by atoms with Crippen LogP contribution in [-0.4, -0.2) is 55.0 Å². The van der Waals surface area contributed by atoms with Gasteiger partial charge in [0.05, 0.1) is 6.04 Å². The molecule has 0 aromatic heterocycles. The van der Waals surface area contributed by atoms with Crippen molar-refractivity contribution in [2.75, 3.05) is 33.2 Å². The molecule has 2 aliphatic rings. The summed E-state index contributed by atoms with van der Waals surface area (Å²) in [7, 11) is 2.09. The number of rotatable bonds is 6. The molecule has 1 atom stereocenters. The van der Waals surface area contributed by atoms with Gasteiger partial charge in [0.25, 0.3) is 0 Å². The Hall–Kier alpha value is -0.880. The molecule has 1 aromatic carbocycles. The zero-order valence-electron chi connectivity index (χ0n) is 17.0. The second-order valence-corrected chi connectivity index (χ2v) is 8.12. The number of hydrogen-bond donors (Lipinski definition) is 1. The zero-order chi connectivity index (χ0) is 18.6. The number of unbranched alkanes of at least 4 members (excludes halogenated alkanes) is 1. The van der Waals surface area contributed by atoms with Crippen molar-refractivity contribution in [2.24, 2.45) is 5.41 Å². The van der Waals surface area contributed by atoms with Crippen molar-refractivity contribution in [1.29, 1.82) is 0 Å². The van der Waals surface area contributed by atoms with E-state index in [1.807, 2.05) is 4.90 Å². The van der Waals surface area contributed by atoms with E-state index in [0.717, 1.165) is 63.8 Å². The third kappa shape index (κ3) is 6.06. The van der Waals surface area contributed by atoms with Crippen LogP contribution < -0.4 is 5.32 Å². The summed E-state index contributed by atoms with van der Waals surface area (Å²) in [6, 6.07) is 6.50. The van der Waals surface area contributed by atoms with Crippen LogP contribution in [0.4, 0.5) is 4.39 Å². The Kier molecular flexibility index (Phi) is 10.2. The monoisotopic (exact) mass is 433 g/mol. The second kappa shape index (κ2) is 11.3. The molecule has 2 heterocycles. The maximum Gasteiger partial charge on any atom is 0.240 e. The van der Waals surface area contributed by atoms with Crippen LogP contribution in [0.5, 0.6) is 0 Å². The first-order chi connectivity index (χ1) is 12.5. The minimum Gasteiger partial charge on any atom is -0.337 e. The molecule has 2 saturated heterocycles. The minimum absolute atomic E-state index is 0. The third-order valence-corrected chi connectivity index (χ3v) is 6.07. The Morgan fingerprint density at radius 1 is 1.25 bits per heavy atom. The Morgan fingerprint density at radius 3 is 2.50 bits per heavy atom. The van der Waals surface area contributed by atoms with Gasteiger partial charge in [0.2, 0.25) is 5.91 Å². The van der Waals surface area contributed by atoms with Gasteiger partial charge < -0.3 is 10.2 Å². The molecule has 0 aliphatic carbocycles. The van der Waals surface area contributed by atoms with Crippen molar-refractivity contribution in [2.45, 2.75) is 51.6 Å². The van der Waals surface area contributed by atoms with E-state index in [0.29, 0.717) is 12.0 Å². The number of nitrogens with zero attached hydrogens (tertiary/aromatic N) is 2. The van der Waals surface area contributed by atoms with Crippen molar-refractivity contribution in [3.8, 4) is 0 Å². The van der Waals surface area contributed by atoms with Gasteiger partial charge in [-0.25, -0.2) is 4.39 Å². The fourth-order valence-corrected chi connectivity index (χ4v) is 4.50. The zero-order valence-corrected chi connectivity index (χ0v) is 18.6. The van der Waals surface area contributed by atoms with Crippen LogP contribution in [0, 0.1) is 11.2 Å².